The average Bonchev–Trinajstić information content (AvgIpc) is 3.27. The SMILES string of the molecule is CC(SCC(=O)N1CCC2(CCNC2)CC1)c1nc2ccccc2[nH]1.Cl. The third kappa shape index (κ3) is 4.02. The van der Waals surface area contributed by atoms with Crippen molar-refractivity contribution in [1.82, 2.24) is 20.2 Å². The summed E-state index contributed by atoms with van der Waals surface area (Å²) in [7, 11) is 0. The van der Waals surface area contributed by atoms with Crippen LogP contribution in [-0.4, -0.2) is 52.7 Å². The largest absolute Gasteiger partial charge is 0.342 e. The molecule has 2 aromatic rings. The number of thioether (sulfide) groups is 1. The molecule has 1 amide bonds. The van der Waals surface area contributed by atoms with Gasteiger partial charge in [-0.3, -0.25) is 4.79 Å². The fraction of sp³-hybridized carbons (Fsp3) is 0.579. The molecule has 2 fully saturated rings. The number of benzene rings is 1. The summed E-state index contributed by atoms with van der Waals surface area (Å²) in [5.74, 6) is 1.76. The van der Waals surface area contributed by atoms with Crippen molar-refractivity contribution in [2.45, 2.75) is 31.4 Å². The summed E-state index contributed by atoms with van der Waals surface area (Å²) >= 11 is 1.67. The van der Waals surface area contributed by atoms with E-state index in [2.05, 4.69) is 27.1 Å². The van der Waals surface area contributed by atoms with Crippen LogP contribution < -0.4 is 5.32 Å². The number of amides is 1. The van der Waals surface area contributed by atoms with Crippen LogP contribution in [0, 0.1) is 5.41 Å². The van der Waals surface area contributed by atoms with E-state index in [0.29, 0.717) is 11.2 Å². The molecule has 2 aliphatic rings. The average molecular weight is 395 g/mol. The van der Waals surface area contributed by atoms with Crippen LogP contribution in [-0.2, 0) is 4.79 Å². The Morgan fingerprint density at radius 1 is 1.31 bits per heavy atom. The highest BCUT2D eigenvalue weighted by Gasteiger charge is 2.37. The second-order valence-corrected chi connectivity index (χ2v) is 8.73. The summed E-state index contributed by atoms with van der Waals surface area (Å²) < 4.78 is 0. The van der Waals surface area contributed by atoms with Crippen LogP contribution in [0.5, 0.6) is 0 Å². The predicted molar refractivity (Wildman–Crippen MR) is 110 cm³/mol. The lowest BCUT2D eigenvalue weighted by Gasteiger charge is -2.39. The molecule has 0 radical (unpaired) electrons. The van der Waals surface area contributed by atoms with Gasteiger partial charge in [0.15, 0.2) is 0 Å². The Morgan fingerprint density at radius 2 is 2.08 bits per heavy atom. The minimum atomic E-state index is 0. The van der Waals surface area contributed by atoms with Gasteiger partial charge >= 0.3 is 0 Å². The van der Waals surface area contributed by atoms with Gasteiger partial charge in [-0.2, -0.15) is 0 Å². The lowest BCUT2D eigenvalue weighted by atomic mass is 9.78. The second kappa shape index (κ2) is 8.19. The van der Waals surface area contributed by atoms with Crippen LogP contribution in [0.3, 0.4) is 0 Å². The van der Waals surface area contributed by atoms with E-state index >= 15 is 0 Å². The summed E-state index contributed by atoms with van der Waals surface area (Å²) in [6.07, 6.45) is 3.57. The number of aromatic nitrogens is 2. The van der Waals surface area contributed by atoms with E-state index in [-0.39, 0.29) is 23.6 Å². The number of likely N-dealkylation sites (tertiary alicyclic amines) is 1. The van der Waals surface area contributed by atoms with Crippen molar-refractivity contribution >= 4 is 41.1 Å². The number of nitrogens with zero attached hydrogens (tertiary/aromatic N) is 2. The highest BCUT2D eigenvalue weighted by Crippen LogP contribution is 2.37. The maximum atomic E-state index is 12.6. The molecule has 142 valence electrons. The summed E-state index contributed by atoms with van der Waals surface area (Å²) in [6.45, 7) is 6.22. The van der Waals surface area contributed by atoms with Gasteiger partial charge < -0.3 is 15.2 Å². The standard InChI is InChI=1S/C19H26N4OS.ClH/c1-14(18-21-15-4-2-3-5-16(15)22-18)25-12-17(24)23-10-7-19(8-11-23)6-9-20-13-19;/h2-5,14,20H,6-13H2,1H3,(H,21,22);1H. The minimum absolute atomic E-state index is 0. The number of halogens is 1. The minimum Gasteiger partial charge on any atom is -0.342 e. The fourth-order valence-electron chi connectivity index (χ4n) is 3.98. The Bertz CT molecular complexity index is 716. The van der Waals surface area contributed by atoms with Crippen LogP contribution in [0.15, 0.2) is 24.3 Å². The van der Waals surface area contributed by atoms with Crippen LogP contribution in [0.1, 0.15) is 37.3 Å². The summed E-state index contributed by atoms with van der Waals surface area (Å²) in [6, 6.07) is 8.06. The predicted octanol–water partition coefficient (Wildman–Crippen LogP) is 3.38. The molecule has 1 aromatic carbocycles. The van der Waals surface area contributed by atoms with Crippen LogP contribution in [0.2, 0.25) is 0 Å². The second-order valence-electron chi connectivity index (χ2n) is 7.40. The highest BCUT2D eigenvalue weighted by molar-refractivity contribution is 8.00. The van der Waals surface area contributed by atoms with Crippen molar-refractivity contribution in [2.75, 3.05) is 31.9 Å². The Kier molecular flexibility index (Phi) is 6.15. The smallest absolute Gasteiger partial charge is 0.232 e. The number of carbonyl (C=O) groups excluding carboxylic acids is 1. The number of rotatable bonds is 4. The van der Waals surface area contributed by atoms with Gasteiger partial charge in [0, 0.05) is 19.6 Å². The van der Waals surface area contributed by atoms with Crippen molar-refractivity contribution in [1.29, 1.82) is 0 Å². The van der Waals surface area contributed by atoms with E-state index in [1.54, 1.807) is 11.8 Å². The van der Waals surface area contributed by atoms with Crippen molar-refractivity contribution in [3.8, 4) is 0 Å². The zero-order valence-corrected chi connectivity index (χ0v) is 16.8. The first-order valence-electron chi connectivity index (χ1n) is 9.20. The van der Waals surface area contributed by atoms with Gasteiger partial charge in [-0.15, -0.1) is 24.2 Å². The molecule has 3 heterocycles. The normalized spacial score (nSPS) is 20.3. The van der Waals surface area contributed by atoms with Crippen LogP contribution >= 0.6 is 24.2 Å². The molecule has 2 aliphatic heterocycles. The van der Waals surface area contributed by atoms with Crippen LogP contribution in [0.25, 0.3) is 11.0 Å². The van der Waals surface area contributed by atoms with Gasteiger partial charge in [0.2, 0.25) is 5.91 Å². The van der Waals surface area contributed by atoms with E-state index < -0.39 is 0 Å². The zero-order chi connectivity index (χ0) is 17.3. The Morgan fingerprint density at radius 3 is 2.77 bits per heavy atom. The van der Waals surface area contributed by atoms with Gasteiger partial charge in [0.1, 0.15) is 5.82 Å². The maximum Gasteiger partial charge on any atom is 0.232 e. The molecule has 0 saturated carbocycles. The molecular formula is C19H27ClN4OS. The number of fused-ring (bicyclic) bond motifs is 1. The molecule has 0 aliphatic carbocycles. The van der Waals surface area contributed by atoms with Gasteiger partial charge in [0.25, 0.3) is 0 Å². The first-order valence-corrected chi connectivity index (χ1v) is 10.2. The maximum absolute atomic E-state index is 12.6. The summed E-state index contributed by atoms with van der Waals surface area (Å²) in [4.78, 5) is 22.6. The number of piperidine rings is 1. The molecule has 4 rings (SSSR count). The number of hydrogen-bond donors (Lipinski definition) is 2. The highest BCUT2D eigenvalue weighted by atomic mass is 35.5. The van der Waals surface area contributed by atoms with Crippen molar-refractivity contribution in [2.24, 2.45) is 5.41 Å². The molecule has 1 spiro atoms. The molecule has 7 heteroatoms. The van der Waals surface area contributed by atoms with Gasteiger partial charge in [0.05, 0.1) is 22.0 Å². The van der Waals surface area contributed by atoms with Gasteiger partial charge in [-0.05, 0) is 50.3 Å². The summed E-state index contributed by atoms with van der Waals surface area (Å²) in [5, 5.41) is 3.66. The van der Waals surface area contributed by atoms with Crippen molar-refractivity contribution in [3.63, 3.8) is 0 Å². The van der Waals surface area contributed by atoms with Crippen LogP contribution in [0.4, 0.5) is 0 Å². The number of H-pyrrole nitrogens is 1. The zero-order valence-electron chi connectivity index (χ0n) is 15.2. The van der Waals surface area contributed by atoms with Gasteiger partial charge in [-0.1, -0.05) is 12.1 Å². The molecule has 5 nitrogen and oxygen atoms in total. The molecule has 0 bridgehead atoms. The summed E-state index contributed by atoms with van der Waals surface area (Å²) in [5.41, 5.74) is 2.51. The number of para-hydroxylation sites is 2. The third-order valence-electron chi connectivity index (χ3n) is 5.76. The van der Waals surface area contributed by atoms with Gasteiger partial charge in [-0.25, -0.2) is 4.98 Å². The van der Waals surface area contributed by atoms with E-state index in [9.17, 15) is 4.79 Å². The Hall–Kier alpha value is -1.24. The first kappa shape index (κ1) is 19.5. The molecule has 2 saturated heterocycles. The monoisotopic (exact) mass is 394 g/mol. The molecule has 1 aromatic heterocycles. The lowest BCUT2D eigenvalue weighted by molar-refractivity contribution is -0.130. The Labute approximate surface area is 165 Å². The Balaban J connectivity index is 0.00000196. The topological polar surface area (TPSA) is 61.0 Å². The van der Waals surface area contributed by atoms with Crippen molar-refractivity contribution in [3.05, 3.63) is 30.1 Å². The fourth-order valence-corrected chi connectivity index (χ4v) is 4.83. The number of hydrogen-bond acceptors (Lipinski definition) is 4. The quantitative estimate of drug-likeness (QED) is 0.834. The molecule has 2 N–H and O–H groups in total. The number of imidazole rings is 1. The number of nitrogens with one attached hydrogen (secondary N) is 2. The first-order chi connectivity index (χ1) is 12.2. The van der Waals surface area contributed by atoms with Crippen molar-refractivity contribution < 1.29 is 4.79 Å². The van der Waals surface area contributed by atoms with E-state index in [1.165, 1.54) is 6.42 Å². The molecule has 26 heavy (non-hydrogen) atoms. The molecule has 1 atom stereocenters. The van der Waals surface area contributed by atoms with E-state index in [4.69, 9.17) is 0 Å². The van der Waals surface area contributed by atoms with E-state index in [0.717, 1.165) is 55.9 Å². The van der Waals surface area contributed by atoms with E-state index in [1.807, 2.05) is 24.3 Å². The number of aromatic amines is 1. The molecule has 1 unspecified atom stereocenters. The molecular weight excluding hydrogens is 368 g/mol. The number of carbonyl (C=O) groups is 1. The third-order valence-corrected chi connectivity index (χ3v) is 6.90. The lowest BCUT2D eigenvalue weighted by Crippen LogP contribution is -2.44.